The molecule has 0 atom stereocenters. The van der Waals surface area contributed by atoms with E-state index < -0.39 is 0 Å². The minimum Gasteiger partial charge on any atom is -0.394 e. The van der Waals surface area contributed by atoms with E-state index in [0.717, 1.165) is 22.2 Å². The number of aliphatic hydroxyl groups is 1. The lowest BCUT2D eigenvalue weighted by Crippen LogP contribution is -2.02. The zero-order valence-corrected chi connectivity index (χ0v) is 12.1. The van der Waals surface area contributed by atoms with Crippen LogP contribution in [0.5, 0.6) is 0 Å². The van der Waals surface area contributed by atoms with Crippen molar-refractivity contribution >= 4 is 28.2 Å². The molecule has 0 saturated heterocycles. The zero-order valence-electron chi connectivity index (χ0n) is 11.3. The van der Waals surface area contributed by atoms with Gasteiger partial charge in [0.15, 0.2) is 0 Å². The minimum atomic E-state index is 0.0734. The molecule has 0 aliphatic carbocycles. The fraction of sp³-hybridized carbons (Fsp3) is 0.200. The molecule has 0 radical (unpaired) electrons. The molecule has 6 heteroatoms. The molecular weight excluding hydrogens is 288 g/mol. The van der Waals surface area contributed by atoms with Gasteiger partial charge in [0.05, 0.1) is 30.6 Å². The number of hydrogen-bond acceptors (Lipinski definition) is 4. The van der Waals surface area contributed by atoms with E-state index in [4.69, 9.17) is 16.7 Å². The van der Waals surface area contributed by atoms with Crippen LogP contribution in [0.3, 0.4) is 0 Å². The molecule has 3 rings (SSSR count). The van der Waals surface area contributed by atoms with E-state index in [9.17, 15) is 0 Å². The summed E-state index contributed by atoms with van der Waals surface area (Å²) in [4.78, 5) is 4.42. The Kier molecular flexibility index (Phi) is 4.03. The number of anilines is 1. The number of aliphatic hydroxyl groups excluding tert-OH is 1. The van der Waals surface area contributed by atoms with Gasteiger partial charge in [0.2, 0.25) is 0 Å². The first-order valence-corrected chi connectivity index (χ1v) is 7.04. The summed E-state index contributed by atoms with van der Waals surface area (Å²) in [5, 5.41) is 18.1. The first kappa shape index (κ1) is 13.9. The van der Waals surface area contributed by atoms with Crippen LogP contribution in [0.1, 0.15) is 5.56 Å². The molecule has 0 unspecified atom stereocenters. The van der Waals surface area contributed by atoms with E-state index in [2.05, 4.69) is 15.4 Å². The lowest BCUT2D eigenvalue weighted by molar-refractivity contribution is 0.269. The lowest BCUT2D eigenvalue weighted by atomic mass is 10.1. The summed E-state index contributed by atoms with van der Waals surface area (Å²) in [5.74, 6) is 0. The van der Waals surface area contributed by atoms with E-state index in [1.807, 2.05) is 30.5 Å². The molecule has 0 aliphatic heterocycles. The summed E-state index contributed by atoms with van der Waals surface area (Å²) in [6, 6.07) is 7.72. The number of pyridine rings is 1. The Morgan fingerprint density at radius 3 is 3.10 bits per heavy atom. The van der Waals surface area contributed by atoms with Gasteiger partial charge in [-0.2, -0.15) is 5.10 Å². The van der Waals surface area contributed by atoms with E-state index in [1.165, 1.54) is 0 Å². The standard InChI is InChI=1S/C15H15ClN4O/c16-13-6-11-2-1-3-17-15(11)12(7-13)8-18-14-9-19-20(10-14)4-5-21/h1-3,6-7,9-10,18,21H,4-5,8H2. The van der Waals surface area contributed by atoms with Gasteiger partial charge < -0.3 is 10.4 Å². The first-order valence-electron chi connectivity index (χ1n) is 6.66. The fourth-order valence-corrected chi connectivity index (χ4v) is 2.49. The topological polar surface area (TPSA) is 63.0 Å². The van der Waals surface area contributed by atoms with Crippen molar-refractivity contribution < 1.29 is 5.11 Å². The lowest BCUT2D eigenvalue weighted by Gasteiger charge is -2.08. The van der Waals surface area contributed by atoms with Crippen LogP contribution in [0.15, 0.2) is 42.9 Å². The van der Waals surface area contributed by atoms with Gasteiger partial charge in [-0.3, -0.25) is 9.67 Å². The van der Waals surface area contributed by atoms with Gasteiger partial charge in [-0.15, -0.1) is 0 Å². The third kappa shape index (κ3) is 3.15. The number of nitrogens with one attached hydrogen (secondary N) is 1. The van der Waals surface area contributed by atoms with Crippen molar-refractivity contribution in [3.05, 3.63) is 53.4 Å². The molecule has 21 heavy (non-hydrogen) atoms. The highest BCUT2D eigenvalue weighted by Crippen LogP contribution is 2.23. The predicted octanol–water partition coefficient (Wildman–Crippen LogP) is 2.69. The van der Waals surface area contributed by atoms with Crippen LogP contribution in [0.25, 0.3) is 10.9 Å². The van der Waals surface area contributed by atoms with Crippen molar-refractivity contribution in [3.63, 3.8) is 0 Å². The summed E-state index contributed by atoms with van der Waals surface area (Å²) < 4.78 is 1.69. The molecule has 3 aromatic rings. The summed E-state index contributed by atoms with van der Waals surface area (Å²) in [6.45, 7) is 1.17. The van der Waals surface area contributed by atoms with Gasteiger partial charge in [-0.25, -0.2) is 0 Å². The van der Waals surface area contributed by atoms with E-state index in [0.29, 0.717) is 18.1 Å². The van der Waals surface area contributed by atoms with Crippen molar-refractivity contribution in [3.8, 4) is 0 Å². The number of rotatable bonds is 5. The predicted molar refractivity (Wildman–Crippen MR) is 83.4 cm³/mol. The van der Waals surface area contributed by atoms with E-state index >= 15 is 0 Å². The van der Waals surface area contributed by atoms with E-state index in [-0.39, 0.29) is 6.61 Å². The maximum Gasteiger partial charge on any atom is 0.0752 e. The molecule has 1 aromatic carbocycles. The fourth-order valence-electron chi connectivity index (χ4n) is 2.24. The smallest absolute Gasteiger partial charge is 0.0752 e. The normalized spacial score (nSPS) is 11.0. The molecule has 2 aromatic heterocycles. The van der Waals surface area contributed by atoms with Crippen LogP contribution in [0.2, 0.25) is 5.02 Å². The van der Waals surface area contributed by atoms with Gasteiger partial charge in [0.25, 0.3) is 0 Å². The Hall–Kier alpha value is -2.11. The van der Waals surface area contributed by atoms with Crippen molar-refractivity contribution in [1.29, 1.82) is 0 Å². The molecule has 108 valence electrons. The van der Waals surface area contributed by atoms with Crippen LogP contribution >= 0.6 is 11.6 Å². The van der Waals surface area contributed by atoms with Crippen LogP contribution in [0, 0.1) is 0 Å². The van der Waals surface area contributed by atoms with E-state index in [1.54, 1.807) is 17.1 Å². The molecule has 0 aliphatic rings. The van der Waals surface area contributed by atoms with Crippen molar-refractivity contribution in [1.82, 2.24) is 14.8 Å². The molecular formula is C15H15ClN4O. The Morgan fingerprint density at radius 2 is 2.24 bits per heavy atom. The Bertz CT molecular complexity index is 756. The Balaban J connectivity index is 1.81. The highest BCUT2D eigenvalue weighted by molar-refractivity contribution is 6.31. The van der Waals surface area contributed by atoms with Gasteiger partial charge >= 0.3 is 0 Å². The molecule has 0 bridgehead atoms. The van der Waals surface area contributed by atoms with Crippen LogP contribution in [-0.4, -0.2) is 26.5 Å². The first-order chi connectivity index (χ1) is 10.3. The largest absolute Gasteiger partial charge is 0.394 e. The molecule has 0 amide bonds. The second-order valence-corrected chi connectivity index (χ2v) is 5.15. The Morgan fingerprint density at radius 1 is 1.33 bits per heavy atom. The third-order valence-corrected chi connectivity index (χ3v) is 3.41. The highest BCUT2D eigenvalue weighted by Gasteiger charge is 2.05. The zero-order chi connectivity index (χ0) is 14.7. The molecule has 2 heterocycles. The number of fused-ring (bicyclic) bond motifs is 1. The van der Waals surface area contributed by atoms with Crippen molar-refractivity contribution in [2.45, 2.75) is 13.1 Å². The third-order valence-electron chi connectivity index (χ3n) is 3.19. The number of nitrogens with zero attached hydrogens (tertiary/aromatic N) is 3. The number of hydrogen-bond donors (Lipinski definition) is 2. The Labute approximate surface area is 127 Å². The van der Waals surface area contributed by atoms with Crippen molar-refractivity contribution in [2.24, 2.45) is 0 Å². The molecule has 5 nitrogen and oxygen atoms in total. The van der Waals surface area contributed by atoms with Crippen LogP contribution in [0.4, 0.5) is 5.69 Å². The summed E-state index contributed by atoms with van der Waals surface area (Å²) in [7, 11) is 0. The van der Waals surface area contributed by atoms with Crippen LogP contribution in [-0.2, 0) is 13.1 Å². The molecule has 0 saturated carbocycles. The van der Waals surface area contributed by atoms with Crippen LogP contribution < -0.4 is 5.32 Å². The minimum absolute atomic E-state index is 0.0734. The average molecular weight is 303 g/mol. The number of halogens is 1. The van der Waals surface area contributed by atoms with Crippen molar-refractivity contribution in [2.75, 3.05) is 11.9 Å². The second kappa shape index (κ2) is 6.11. The van der Waals surface area contributed by atoms with Gasteiger partial charge in [0.1, 0.15) is 0 Å². The van der Waals surface area contributed by atoms with Gasteiger partial charge in [0, 0.05) is 29.3 Å². The van der Waals surface area contributed by atoms with Gasteiger partial charge in [-0.1, -0.05) is 17.7 Å². The quantitative estimate of drug-likeness (QED) is 0.760. The molecule has 0 spiro atoms. The summed E-state index contributed by atoms with van der Waals surface area (Å²) >= 11 is 6.15. The SMILES string of the molecule is OCCn1cc(NCc2cc(Cl)cc3cccnc23)cn1. The molecule has 0 fully saturated rings. The second-order valence-electron chi connectivity index (χ2n) is 4.71. The van der Waals surface area contributed by atoms with Gasteiger partial charge in [-0.05, 0) is 23.8 Å². The summed E-state index contributed by atoms with van der Waals surface area (Å²) in [5.41, 5.74) is 2.87. The maximum absolute atomic E-state index is 8.88. The molecule has 2 N–H and O–H groups in total. The monoisotopic (exact) mass is 302 g/mol. The number of benzene rings is 1. The number of aromatic nitrogens is 3. The average Bonchev–Trinajstić information content (AvgIpc) is 2.93. The highest BCUT2D eigenvalue weighted by atomic mass is 35.5. The maximum atomic E-state index is 8.88. The summed E-state index contributed by atoms with van der Waals surface area (Å²) in [6.07, 6.45) is 5.37.